The normalized spacial score (nSPS) is 22.3. The lowest BCUT2D eigenvalue weighted by Gasteiger charge is -2.32. The number of carbonyl (C=O) groups is 1. The van der Waals surface area contributed by atoms with E-state index < -0.39 is 0 Å². The van der Waals surface area contributed by atoms with Crippen LogP contribution in [0.25, 0.3) is 0 Å². The summed E-state index contributed by atoms with van der Waals surface area (Å²) in [5.41, 5.74) is 1.22. The second kappa shape index (κ2) is 10.6. The average molecular weight is 395 g/mol. The highest BCUT2D eigenvalue weighted by Crippen LogP contribution is 2.27. The monoisotopic (exact) mass is 394 g/mol. The van der Waals surface area contributed by atoms with Crippen molar-refractivity contribution in [3.05, 3.63) is 34.9 Å². The lowest BCUT2D eigenvalue weighted by molar-refractivity contribution is -0.126. The van der Waals surface area contributed by atoms with Crippen molar-refractivity contribution in [3.63, 3.8) is 0 Å². The van der Waals surface area contributed by atoms with Gasteiger partial charge in [0, 0.05) is 35.7 Å². The second-order valence-corrected chi connectivity index (χ2v) is 9.47. The molecule has 1 aromatic carbocycles. The van der Waals surface area contributed by atoms with Crippen LogP contribution in [0.15, 0.2) is 24.3 Å². The maximum Gasteiger partial charge on any atom is 0.224 e. The van der Waals surface area contributed by atoms with Gasteiger partial charge in [0.2, 0.25) is 5.91 Å². The fourth-order valence-electron chi connectivity index (χ4n) is 4.08. The Hall–Kier alpha value is -0.710. The molecule has 1 aromatic rings. The molecule has 26 heavy (non-hydrogen) atoms. The van der Waals surface area contributed by atoms with Crippen molar-refractivity contribution in [1.82, 2.24) is 10.2 Å². The van der Waals surface area contributed by atoms with E-state index in [4.69, 9.17) is 11.6 Å². The van der Waals surface area contributed by atoms with Gasteiger partial charge in [0.15, 0.2) is 0 Å². The summed E-state index contributed by atoms with van der Waals surface area (Å²) in [6.07, 6.45) is 8.99. The van der Waals surface area contributed by atoms with Gasteiger partial charge < -0.3 is 5.32 Å². The first-order valence-electron chi connectivity index (χ1n) is 10.1. The second-order valence-electron chi connectivity index (χ2n) is 7.63. The molecule has 1 atom stereocenters. The van der Waals surface area contributed by atoms with Crippen LogP contribution in [0.3, 0.4) is 0 Å². The van der Waals surface area contributed by atoms with Gasteiger partial charge in [0.05, 0.1) is 5.92 Å². The van der Waals surface area contributed by atoms with E-state index in [2.05, 4.69) is 28.0 Å². The van der Waals surface area contributed by atoms with Gasteiger partial charge in [0.25, 0.3) is 0 Å². The number of nitrogens with one attached hydrogen (secondary N) is 1. The molecule has 1 aliphatic heterocycles. The van der Waals surface area contributed by atoms with Gasteiger partial charge in [0.1, 0.15) is 0 Å². The van der Waals surface area contributed by atoms with Crippen LogP contribution in [-0.4, -0.2) is 41.4 Å². The molecule has 1 N–H and O–H groups in total. The molecule has 0 radical (unpaired) electrons. The first-order chi connectivity index (χ1) is 12.7. The van der Waals surface area contributed by atoms with Crippen LogP contribution in [0.4, 0.5) is 0 Å². The van der Waals surface area contributed by atoms with E-state index in [1.807, 2.05) is 18.2 Å². The molecular formula is C21H31ClN2OS. The SMILES string of the molecule is O=C(NCCSC1CCCCC1)C1CCCN(Cc2cccc(Cl)c2)C1. The minimum atomic E-state index is 0.127. The molecular weight excluding hydrogens is 364 g/mol. The molecule has 3 nitrogen and oxygen atoms in total. The number of likely N-dealkylation sites (tertiary alicyclic amines) is 1. The van der Waals surface area contributed by atoms with E-state index in [9.17, 15) is 4.79 Å². The van der Waals surface area contributed by atoms with Crippen LogP contribution in [0.5, 0.6) is 0 Å². The predicted octanol–water partition coefficient (Wildman–Crippen LogP) is 4.73. The molecule has 144 valence electrons. The molecule has 1 saturated heterocycles. The summed E-state index contributed by atoms with van der Waals surface area (Å²) in [6.45, 7) is 3.61. The minimum absolute atomic E-state index is 0.127. The fraction of sp³-hybridized carbons (Fsp3) is 0.667. The van der Waals surface area contributed by atoms with Crippen LogP contribution in [0.1, 0.15) is 50.5 Å². The number of amides is 1. The molecule has 1 aliphatic carbocycles. The van der Waals surface area contributed by atoms with Crippen molar-refractivity contribution < 1.29 is 4.79 Å². The Morgan fingerprint density at radius 2 is 2.04 bits per heavy atom. The summed E-state index contributed by atoms with van der Waals surface area (Å²) < 4.78 is 0. The fourth-order valence-corrected chi connectivity index (χ4v) is 5.52. The molecule has 0 aromatic heterocycles. The highest BCUT2D eigenvalue weighted by atomic mass is 35.5. The third-order valence-corrected chi connectivity index (χ3v) is 7.10. The zero-order valence-electron chi connectivity index (χ0n) is 15.6. The Morgan fingerprint density at radius 1 is 1.19 bits per heavy atom. The van der Waals surface area contributed by atoms with Gasteiger partial charge >= 0.3 is 0 Å². The van der Waals surface area contributed by atoms with E-state index in [-0.39, 0.29) is 11.8 Å². The average Bonchev–Trinajstić information content (AvgIpc) is 2.66. The Bertz CT molecular complexity index is 577. The summed E-state index contributed by atoms with van der Waals surface area (Å²) in [5.74, 6) is 1.42. The van der Waals surface area contributed by atoms with Crippen molar-refractivity contribution in [2.24, 2.45) is 5.92 Å². The summed E-state index contributed by atoms with van der Waals surface area (Å²) in [4.78, 5) is 14.9. The van der Waals surface area contributed by atoms with Crippen LogP contribution in [-0.2, 0) is 11.3 Å². The van der Waals surface area contributed by atoms with E-state index >= 15 is 0 Å². The Kier molecular flexibility index (Phi) is 8.15. The number of nitrogens with zero attached hydrogens (tertiary/aromatic N) is 1. The Labute approximate surface area is 167 Å². The van der Waals surface area contributed by atoms with Crippen LogP contribution < -0.4 is 5.32 Å². The summed E-state index contributed by atoms with van der Waals surface area (Å²) >= 11 is 8.14. The molecule has 5 heteroatoms. The standard InChI is InChI=1S/C21H31ClN2OS/c22-19-8-4-6-17(14-19)15-24-12-5-7-18(16-24)21(25)23-11-13-26-20-9-2-1-3-10-20/h4,6,8,14,18,20H,1-3,5,7,9-13,15-16H2,(H,23,25). The van der Waals surface area contributed by atoms with E-state index in [1.165, 1.54) is 37.7 Å². The zero-order valence-corrected chi connectivity index (χ0v) is 17.2. The predicted molar refractivity (Wildman–Crippen MR) is 112 cm³/mol. The molecule has 0 spiro atoms. The highest BCUT2D eigenvalue weighted by molar-refractivity contribution is 7.99. The summed E-state index contributed by atoms with van der Waals surface area (Å²) in [7, 11) is 0. The number of halogens is 1. The first kappa shape index (κ1) is 20.0. The van der Waals surface area contributed by atoms with E-state index in [0.717, 1.165) is 55.0 Å². The molecule has 2 fully saturated rings. The molecule has 3 rings (SSSR count). The largest absolute Gasteiger partial charge is 0.355 e. The molecule has 1 amide bonds. The first-order valence-corrected chi connectivity index (χ1v) is 11.5. The quantitative estimate of drug-likeness (QED) is 0.678. The van der Waals surface area contributed by atoms with Crippen molar-refractivity contribution in [2.45, 2.75) is 56.7 Å². The Balaban J connectivity index is 1.37. The molecule has 0 bridgehead atoms. The van der Waals surface area contributed by atoms with Crippen molar-refractivity contribution in [2.75, 3.05) is 25.4 Å². The number of hydrogen-bond donors (Lipinski definition) is 1. The van der Waals surface area contributed by atoms with Gasteiger partial charge in [-0.15, -0.1) is 0 Å². The third-order valence-electron chi connectivity index (χ3n) is 5.48. The third kappa shape index (κ3) is 6.47. The van der Waals surface area contributed by atoms with Crippen LogP contribution in [0, 0.1) is 5.92 Å². The topological polar surface area (TPSA) is 32.3 Å². The number of rotatable bonds is 7. The van der Waals surface area contributed by atoms with E-state index in [0.29, 0.717) is 0 Å². The zero-order chi connectivity index (χ0) is 18.2. The van der Waals surface area contributed by atoms with Crippen molar-refractivity contribution in [3.8, 4) is 0 Å². The molecule has 1 saturated carbocycles. The number of thioether (sulfide) groups is 1. The maximum atomic E-state index is 12.5. The molecule has 1 unspecified atom stereocenters. The lowest BCUT2D eigenvalue weighted by atomic mass is 9.96. The van der Waals surface area contributed by atoms with Gasteiger partial charge in [-0.05, 0) is 49.9 Å². The number of hydrogen-bond acceptors (Lipinski definition) is 3. The van der Waals surface area contributed by atoms with Crippen molar-refractivity contribution in [1.29, 1.82) is 0 Å². The highest BCUT2D eigenvalue weighted by Gasteiger charge is 2.25. The van der Waals surface area contributed by atoms with Crippen molar-refractivity contribution >= 4 is 29.3 Å². The number of carbonyl (C=O) groups excluding carboxylic acids is 1. The smallest absolute Gasteiger partial charge is 0.224 e. The molecule has 1 heterocycles. The van der Waals surface area contributed by atoms with Crippen LogP contribution >= 0.6 is 23.4 Å². The van der Waals surface area contributed by atoms with Crippen LogP contribution in [0.2, 0.25) is 5.02 Å². The Morgan fingerprint density at radius 3 is 2.85 bits per heavy atom. The number of benzene rings is 1. The van der Waals surface area contributed by atoms with Gasteiger partial charge in [-0.25, -0.2) is 0 Å². The lowest BCUT2D eigenvalue weighted by Crippen LogP contribution is -2.43. The maximum absolute atomic E-state index is 12.5. The summed E-state index contributed by atoms with van der Waals surface area (Å²) in [5, 5.41) is 4.78. The van der Waals surface area contributed by atoms with Gasteiger partial charge in [-0.3, -0.25) is 9.69 Å². The number of piperidine rings is 1. The summed E-state index contributed by atoms with van der Waals surface area (Å²) in [6, 6.07) is 8.03. The minimum Gasteiger partial charge on any atom is -0.355 e. The van der Waals surface area contributed by atoms with E-state index in [1.54, 1.807) is 0 Å². The van der Waals surface area contributed by atoms with Gasteiger partial charge in [-0.1, -0.05) is 43.0 Å². The van der Waals surface area contributed by atoms with Gasteiger partial charge in [-0.2, -0.15) is 11.8 Å². The molecule has 2 aliphatic rings.